The van der Waals surface area contributed by atoms with Gasteiger partial charge in [0, 0.05) is 5.56 Å². The van der Waals surface area contributed by atoms with E-state index in [2.05, 4.69) is 26.5 Å². The maximum Gasteiger partial charge on any atom is 0.339 e. The second-order valence-corrected chi connectivity index (χ2v) is 11.4. The predicted octanol–water partition coefficient (Wildman–Crippen LogP) is 6.28. The summed E-state index contributed by atoms with van der Waals surface area (Å²) in [5.41, 5.74) is 5.24. The van der Waals surface area contributed by atoms with Crippen molar-refractivity contribution in [3.05, 3.63) is 112 Å². The van der Waals surface area contributed by atoms with Gasteiger partial charge in [0.25, 0.3) is 5.91 Å². The molecule has 0 heterocycles. The third-order valence-electron chi connectivity index (χ3n) is 5.88. The molecule has 0 fully saturated rings. The van der Waals surface area contributed by atoms with Gasteiger partial charge in [0.15, 0.2) is 23.0 Å². The molecular formula is C31H29BrN2O7S. The molecule has 11 heteroatoms. The number of benzene rings is 4. The summed E-state index contributed by atoms with van der Waals surface area (Å²) in [4.78, 5) is 12.8. The molecule has 218 valence electrons. The number of hydrazone groups is 1. The zero-order valence-electron chi connectivity index (χ0n) is 23.2. The van der Waals surface area contributed by atoms with Gasteiger partial charge in [0.2, 0.25) is 0 Å². The number of carbonyl (C=O) groups excluding carboxylic acids is 1. The molecule has 0 aliphatic rings. The molecule has 0 aliphatic carbocycles. The van der Waals surface area contributed by atoms with E-state index in [9.17, 15) is 13.2 Å². The molecule has 4 rings (SSSR count). The minimum absolute atomic E-state index is 0.000258. The topological polar surface area (TPSA) is 113 Å². The summed E-state index contributed by atoms with van der Waals surface area (Å²) in [5.74, 6) is 0.629. The van der Waals surface area contributed by atoms with E-state index in [1.165, 1.54) is 25.5 Å². The summed E-state index contributed by atoms with van der Waals surface area (Å²) < 4.78 is 48.4. The molecule has 0 saturated heterocycles. The minimum Gasteiger partial charge on any atom is -0.493 e. The zero-order valence-corrected chi connectivity index (χ0v) is 25.6. The molecule has 9 nitrogen and oxygen atoms in total. The lowest BCUT2D eigenvalue weighted by atomic mass is 10.2. The third kappa shape index (κ3) is 7.89. The molecule has 0 aromatic heterocycles. The molecule has 1 amide bonds. The number of methoxy groups -OCH3 is 1. The van der Waals surface area contributed by atoms with Crippen molar-refractivity contribution in [2.45, 2.75) is 25.3 Å². The molecule has 0 atom stereocenters. The highest BCUT2D eigenvalue weighted by Gasteiger charge is 2.22. The van der Waals surface area contributed by atoms with Crippen molar-refractivity contribution in [2.75, 3.05) is 13.7 Å². The van der Waals surface area contributed by atoms with Crippen LogP contribution in [-0.2, 0) is 16.7 Å². The summed E-state index contributed by atoms with van der Waals surface area (Å²) in [6.45, 7) is 4.24. The number of ether oxygens (including phenoxy) is 3. The van der Waals surface area contributed by atoms with Gasteiger partial charge in [0.05, 0.1) is 24.4 Å². The molecule has 4 aromatic carbocycles. The van der Waals surface area contributed by atoms with Crippen LogP contribution >= 0.6 is 15.9 Å². The Bertz CT molecular complexity index is 1680. The van der Waals surface area contributed by atoms with E-state index in [1.54, 1.807) is 49.4 Å². The molecule has 0 saturated carbocycles. The van der Waals surface area contributed by atoms with E-state index in [4.69, 9.17) is 18.4 Å². The molecule has 42 heavy (non-hydrogen) atoms. The Morgan fingerprint density at radius 3 is 2.36 bits per heavy atom. The van der Waals surface area contributed by atoms with Gasteiger partial charge in [-0.25, -0.2) is 5.43 Å². The first-order valence-corrected chi connectivity index (χ1v) is 15.1. The Morgan fingerprint density at radius 2 is 1.67 bits per heavy atom. The second kappa shape index (κ2) is 14.0. The van der Waals surface area contributed by atoms with Gasteiger partial charge in [-0.2, -0.15) is 13.5 Å². The standard InChI is InChI=1S/C31H29BrN2O7S/c1-4-39-29-17-23(16-26(32)30(29)41-42(36,37)25-13-10-21(2)11-14-25)19-33-34-31(35)24-12-15-27(28(18-24)38-3)40-20-22-8-6-5-7-9-22/h5-19H,4,20H2,1-3H3,(H,34,35)/b33-19+. The van der Waals surface area contributed by atoms with Gasteiger partial charge >= 0.3 is 10.1 Å². The maximum atomic E-state index is 12.9. The predicted molar refractivity (Wildman–Crippen MR) is 163 cm³/mol. The monoisotopic (exact) mass is 652 g/mol. The molecular weight excluding hydrogens is 624 g/mol. The van der Waals surface area contributed by atoms with Crippen molar-refractivity contribution in [1.82, 2.24) is 5.43 Å². The summed E-state index contributed by atoms with van der Waals surface area (Å²) in [7, 11) is -2.61. The van der Waals surface area contributed by atoms with E-state index in [0.29, 0.717) is 33.7 Å². The van der Waals surface area contributed by atoms with Crippen molar-refractivity contribution in [1.29, 1.82) is 0 Å². The highest BCUT2D eigenvalue weighted by atomic mass is 79.9. The highest BCUT2D eigenvalue weighted by molar-refractivity contribution is 9.10. The van der Waals surface area contributed by atoms with Gasteiger partial charge in [-0.05, 0) is 83.4 Å². The van der Waals surface area contributed by atoms with Crippen molar-refractivity contribution < 1.29 is 31.6 Å². The number of aryl methyl sites for hydroxylation is 1. The number of halogens is 1. The SMILES string of the molecule is CCOc1cc(/C=N/NC(=O)c2ccc(OCc3ccccc3)c(OC)c2)cc(Br)c1OS(=O)(=O)c1ccc(C)cc1. The largest absolute Gasteiger partial charge is 0.493 e. The Morgan fingerprint density at radius 1 is 0.929 bits per heavy atom. The van der Waals surface area contributed by atoms with E-state index >= 15 is 0 Å². The minimum atomic E-state index is -4.11. The van der Waals surface area contributed by atoms with E-state index in [1.807, 2.05) is 37.3 Å². The van der Waals surface area contributed by atoms with E-state index in [-0.39, 0.29) is 23.0 Å². The molecule has 1 N–H and O–H groups in total. The Hall–Kier alpha value is -4.35. The fraction of sp³-hybridized carbons (Fsp3) is 0.161. The molecule has 0 radical (unpaired) electrons. The normalized spacial score (nSPS) is 11.2. The number of nitrogens with one attached hydrogen (secondary N) is 1. The van der Waals surface area contributed by atoms with Crippen LogP contribution in [0.5, 0.6) is 23.0 Å². The summed E-state index contributed by atoms with van der Waals surface area (Å²) >= 11 is 3.37. The lowest BCUT2D eigenvalue weighted by molar-refractivity contribution is 0.0954. The van der Waals surface area contributed by atoms with Crippen LogP contribution in [0.3, 0.4) is 0 Å². The number of hydrogen-bond donors (Lipinski definition) is 1. The second-order valence-electron chi connectivity index (χ2n) is 8.95. The molecule has 4 aromatic rings. The zero-order chi connectivity index (χ0) is 30.1. The quantitative estimate of drug-likeness (QED) is 0.109. The third-order valence-corrected chi connectivity index (χ3v) is 7.70. The first-order chi connectivity index (χ1) is 20.2. The first-order valence-electron chi connectivity index (χ1n) is 12.9. The van der Waals surface area contributed by atoms with Crippen molar-refractivity contribution >= 4 is 38.2 Å². The molecule has 0 unspecified atom stereocenters. The number of carbonyl (C=O) groups is 1. The summed E-state index contributed by atoms with van der Waals surface area (Å²) in [6, 6.07) is 24.0. The lowest BCUT2D eigenvalue weighted by Crippen LogP contribution is -2.17. The van der Waals surface area contributed by atoms with Crippen molar-refractivity contribution in [3.8, 4) is 23.0 Å². The molecule has 0 bridgehead atoms. The van der Waals surface area contributed by atoms with Gasteiger partial charge in [0.1, 0.15) is 11.5 Å². The molecule has 0 aliphatic heterocycles. The number of hydrogen-bond acceptors (Lipinski definition) is 8. The highest BCUT2D eigenvalue weighted by Crippen LogP contribution is 2.38. The van der Waals surface area contributed by atoms with E-state index < -0.39 is 16.0 Å². The van der Waals surface area contributed by atoms with E-state index in [0.717, 1.165) is 11.1 Å². The van der Waals surface area contributed by atoms with Crippen LogP contribution < -0.4 is 23.8 Å². The smallest absolute Gasteiger partial charge is 0.339 e. The average Bonchev–Trinajstić information content (AvgIpc) is 2.98. The van der Waals surface area contributed by atoms with Crippen molar-refractivity contribution in [3.63, 3.8) is 0 Å². The van der Waals surface area contributed by atoms with Gasteiger partial charge in [-0.3, -0.25) is 4.79 Å². The summed E-state index contributed by atoms with van der Waals surface area (Å²) in [6.07, 6.45) is 1.40. The fourth-order valence-electron chi connectivity index (χ4n) is 3.76. The number of amides is 1. The maximum absolute atomic E-state index is 12.9. The Balaban J connectivity index is 1.46. The first kappa shape index (κ1) is 30.6. The van der Waals surface area contributed by atoms with Crippen LogP contribution in [0.4, 0.5) is 0 Å². The summed E-state index contributed by atoms with van der Waals surface area (Å²) in [5, 5.41) is 4.04. The van der Waals surface area contributed by atoms with Crippen LogP contribution in [0, 0.1) is 6.92 Å². The van der Waals surface area contributed by atoms with Gasteiger partial charge in [-0.15, -0.1) is 0 Å². The van der Waals surface area contributed by atoms with Gasteiger partial charge < -0.3 is 18.4 Å². The van der Waals surface area contributed by atoms with Crippen LogP contribution in [0.15, 0.2) is 99.4 Å². The average molecular weight is 654 g/mol. The van der Waals surface area contributed by atoms with Crippen LogP contribution in [0.1, 0.15) is 34.0 Å². The van der Waals surface area contributed by atoms with Crippen LogP contribution in [0.2, 0.25) is 0 Å². The van der Waals surface area contributed by atoms with Crippen molar-refractivity contribution in [2.24, 2.45) is 5.10 Å². The van der Waals surface area contributed by atoms with Crippen LogP contribution in [-0.4, -0.2) is 34.3 Å². The van der Waals surface area contributed by atoms with Gasteiger partial charge in [-0.1, -0.05) is 48.0 Å². The fourth-order valence-corrected chi connectivity index (χ4v) is 5.37. The Labute approximate surface area is 253 Å². The lowest BCUT2D eigenvalue weighted by Gasteiger charge is -2.14. The number of nitrogens with zero attached hydrogens (tertiary/aromatic N) is 1. The Kier molecular flexibility index (Phi) is 10.2. The number of rotatable bonds is 12. The molecule has 0 spiro atoms. The van der Waals surface area contributed by atoms with Crippen LogP contribution in [0.25, 0.3) is 0 Å².